The van der Waals surface area contributed by atoms with Gasteiger partial charge in [0.15, 0.2) is 6.04 Å². The molecule has 0 radical (unpaired) electrons. The Hall–Kier alpha value is -1.60. The van der Waals surface area contributed by atoms with E-state index < -0.39 is 24.2 Å². The van der Waals surface area contributed by atoms with Crippen molar-refractivity contribution in [2.45, 2.75) is 44.2 Å². The molecule has 1 N–H and O–H groups in total. The second-order valence-electron chi connectivity index (χ2n) is 5.50. The van der Waals surface area contributed by atoms with Gasteiger partial charge in [-0.05, 0) is 25.3 Å². The highest BCUT2D eigenvalue weighted by Crippen LogP contribution is 2.32. The Morgan fingerprint density at radius 2 is 2.09 bits per heavy atom. The summed E-state index contributed by atoms with van der Waals surface area (Å²) in [5.41, 5.74) is -0.0142. The van der Waals surface area contributed by atoms with E-state index in [1.54, 1.807) is 6.07 Å². The molecule has 1 aliphatic heterocycles. The van der Waals surface area contributed by atoms with Gasteiger partial charge in [-0.1, -0.05) is 30.3 Å². The Morgan fingerprint density at radius 3 is 2.65 bits per heavy atom. The van der Waals surface area contributed by atoms with Gasteiger partial charge in [0.2, 0.25) is 5.91 Å². The molecule has 1 aromatic rings. The standard InChI is InChI=1S/C16H20F3NO3/c1-11(23-10-13-8-5-9-22-13)15(21)20-14(16(17,18)19)12-6-3-2-4-7-12/h2-4,6-7,11,13-14H,5,8-10H2,1H3,(H,20,21)/t11-,13+,14-/m0/s1. The van der Waals surface area contributed by atoms with Crippen LogP contribution < -0.4 is 5.32 Å². The third kappa shape index (κ3) is 5.21. The maximum atomic E-state index is 13.2. The smallest absolute Gasteiger partial charge is 0.376 e. The van der Waals surface area contributed by atoms with Gasteiger partial charge in [-0.3, -0.25) is 4.79 Å². The molecule has 1 saturated heterocycles. The Bertz CT molecular complexity index is 501. The van der Waals surface area contributed by atoms with E-state index in [4.69, 9.17) is 9.47 Å². The molecular weight excluding hydrogens is 311 g/mol. The molecule has 1 amide bonds. The zero-order chi connectivity index (χ0) is 16.9. The molecule has 0 unspecified atom stereocenters. The van der Waals surface area contributed by atoms with Crippen LogP contribution in [-0.2, 0) is 14.3 Å². The van der Waals surface area contributed by atoms with Crippen molar-refractivity contribution in [2.24, 2.45) is 0 Å². The second-order valence-corrected chi connectivity index (χ2v) is 5.50. The fourth-order valence-corrected chi connectivity index (χ4v) is 2.36. The number of hydrogen-bond donors (Lipinski definition) is 1. The van der Waals surface area contributed by atoms with Crippen molar-refractivity contribution in [3.8, 4) is 0 Å². The number of benzene rings is 1. The quantitative estimate of drug-likeness (QED) is 0.872. The maximum Gasteiger partial charge on any atom is 0.412 e. The van der Waals surface area contributed by atoms with Gasteiger partial charge in [-0.15, -0.1) is 0 Å². The summed E-state index contributed by atoms with van der Waals surface area (Å²) in [4.78, 5) is 12.0. The highest BCUT2D eigenvalue weighted by Gasteiger charge is 2.42. The number of hydrogen-bond acceptors (Lipinski definition) is 3. The lowest BCUT2D eigenvalue weighted by molar-refractivity contribution is -0.167. The monoisotopic (exact) mass is 331 g/mol. The van der Waals surface area contributed by atoms with Crippen LogP contribution in [0, 0.1) is 0 Å². The summed E-state index contributed by atoms with van der Waals surface area (Å²) < 4.78 is 50.2. The zero-order valence-electron chi connectivity index (χ0n) is 12.8. The van der Waals surface area contributed by atoms with E-state index in [1.807, 2.05) is 5.32 Å². The fraction of sp³-hybridized carbons (Fsp3) is 0.562. The van der Waals surface area contributed by atoms with E-state index in [1.165, 1.54) is 31.2 Å². The lowest BCUT2D eigenvalue weighted by Gasteiger charge is -2.24. The van der Waals surface area contributed by atoms with Crippen LogP contribution in [0.15, 0.2) is 30.3 Å². The van der Waals surface area contributed by atoms with Gasteiger partial charge in [0.25, 0.3) is 0 Å². The molecule has 3 atom stereocenters. The van der Waals surface area contributed by atoms with Crippen LogP contribution in [0.1, 0.15) is 31.4 Å². The second kappa shape index (κ2) is 7.79. The number of carbonyl (C=O) groups is 1. The molecule has 0 spiro atoms. The van der Waals surface area contributed by atoms with Crippen LogP contribution in [0.5, 0.6) is 0 Å². The van der Waals surface area contributed by atoms with Crippen molar-refractivity contribution in [3.05, 3.63) is 35.9 Å². The summed E-state index contributed by atoms with van der Waals surface area (Å²) >= 11 is 0. The third-order valence-corrected chi connectivity index (χ3v) is 3.67. The number of alkyl halides is 3. The number of rotatable bonds is 6. The molecule has 1 aromatic carbocycles. The number of halogens is 3. The van der Waals surface area contributed by atoms with Crippen molar-refractivity contribution < 1.29 is 27.4 Å². The number of carbonyl (C=O) groups excluding carboxylic acids is 1. The van der Waals surface area contributed by atoms with E-state index in [9.17, 15) is 18.0 Å². The van der Waals surface area contributed by atoms with Gasteiger partial charge in [-0.25, -0.2) is 0 Å². The van der Waals surface area contributed by atoms with E-state index in [0.29, 0.717) is 6.61 Å². The van der Waals surface area contributed by atoms with Gasteiger partial charge in [0.05, 0.1) is 12.7 Å². The van der Waals surface area contributed by atoms with Crippen LogP contribution >= 0.6 is 0 Å². The van der Waals surface area contributed by atoms with Crippen molar-refractivity contribution in [2.75, 3.05) is 13.2 Å². The third-order valence-electron chi connectivity index (χ3n) is 3.67. The van der Waals surface area contributed by atoms with Gasteiger partial charge < -0.3 is 14.8 Å². The van der Waals surface area contributed by atoms with Gasteiger partial charge >= 0.3 is 6.18 Å². The molecule has 7 heteroatoms. The topological polar surface area (TPSA) is 47.6 Å². The molecule has 0 aliphatic carbocycles. The molecule has 0 saturated carbocycles. The highest BCUT2D eigenvalue weighted by molar-refractivity contribution is 5.80. The minimum absolute atomic E-state index is 0.0142. The predicted molar refractivity (Wildman–Crippen MR) is 77.8 cm³/mol. The molecule has 0 aromatic heterocycles. The van der Waals surface area contributed by atoms with Crippen LogP contribution in [0.25, 0.3) is 0 Å². The summed E-state index contributed by atoms with van der Waals surface area (Å²) in [5.74, 6) is -0.797. The normalized spacial score (nSPS) is 21.0. The van der Waals surface area contributed by atoms with E-state index in [2.05, 4.69) is 0 Å². The average Bonchev–Trinajstić information content (AvgIpc) is 3.03. The lowest BCUT2D eigenvalue weighted by Crippen LogP contribution is -2.43. The first-order valence-corrected chi connectivity index (χ1v) is 7.53. The van der Waals surface area contributed by atoms with Crippen molar-refractivity contribution in [1.29, 1.82) is 0 Å². The Kier molecular flexibility index (Phi) is 6.01. The molecule has 1 aliphatic rings. The molecule has 1 heterocycles. The van der Waals surface area contributed by atoms with Crippen LogP contribution in [0.2, 0.25) is 0 Å². The lowest BCUT2D eigenvalue weighted by atomic mass is 10.1. The predicted octanol–water partition coefficient (Wildman–Crippen LogP) is 2.99. The average molecular weight is 331 g/mol. The molecule has 0 bridgehead atoms. The van der Waals surface area contributed by atoms with Crippen LogP contribution in [0.3, 0.4) is 0 Å². The first-order valence-electron chi connectivity index (χ1n) is 7.53. The van der Waals surface area contributed by atoms with E-state index >= 15 is 0 Å². The minimum atomic E-state index is -4.58. The molecule has 1 fully saturated rings. The first-order chi connectivity index (χ1) is 10.9. The van der Waals surface area contributed by atoms with Gasteiger partial charge in [-0.2, -0.15) is 13.2 Å². The van der Waals surface area contributed by atoms with Gasteiger partial charge in [0, 0.05) is 6.61 Å². The highest BCUT2D eigenvalue weighted by atomic mass is 19.4. The van der Waals surface area contributed by atoms with E-state index in [0.717, 1.165) is 12.8 Å². The van der Waals surface area contributed by atoms with Crippen LogP contribution in [-0.4, -0.2) is 37.5 Å². The van der Waals surface area contributed by atoms with Crippen molar-refractivity contribution in [3.63, 3.8) is 0 Å². The number of ether oxygens (including phenoxy) is 2. The summed E-state index contributed by atoms with van der Waals surface area (Å²) in [6, 6.07) is 5.22. The number of nitrogens with one attached hydrogen (secondary N) is 1. The molecule has 2 rings (SSSR count). The largest absolute Gasteiger partial charge is 0.412 e. The van der Waals surface area contributed by atoms with Gasteiger partial charge in [0.1, 0.15) is 6.10 Å². The Morgan fingerprint density at radius 1 is 1.39 bits per heavy atom. The molecular formula is C16H20F3NO3. The number of amides is 1. The Balaban J connectivity index is 1.94. The fourth-order valence-electron chi connectivity index (χ4n) is 2.36. The molecule has 23 heavy (non-hydrogen) atoms. The summed E-state index contributed by atoms with van der Waals surface area (Å²) in [7, 11) is 0. The SMILES string of the molecule is C[C@H](OC[C@H]1CCCO1)C(=O)N[C@@H](c1ccccc1)C(F)(F)F. The van der Waals surface area contributed by atoms with Crippen molar-refractivity contribution in [1.82, 2.24) is 5.32 Å². The van der Waals surface area contributed by atoms with E-state index in [-0.39, 0.29) is 18.3 Å². The summed E-state index contributed by atoms with van der Waals surface area (Å²) in [6.45, 7) is 2.29. The zero-order valence-corrected chi connectivity index (χ0v) is 12.8. The first kappa shape index (κ1) is 17.7. The minimum Gasteiger partial charge on any atom is -0.376 e. The maximum absolute atomic E-state index is 13.2. The molecule has 128 valence electrons. The van der Waals surface area contributed by atoms with Crippen molar-refractivity contribution >= 4 is 5.91 Å². The summed E-state index contributed by atoms with van der Waals surface area (Å²) in [6.07, 6.45) is -3.88. The summed E-state index contributed by atoms with van der Waals surface area (Å²) in [5, 5.41) is 2.02. The van der Waals surface area contributed by atoms with Crippen LogP contribution in [0.4, 0.5) is 13.2 Å². The molecule has 4 nitrogen and oxygen atoms in total. The Labute approximate surface area is 133 Å².